The van der Waals surface area contributed by atoms with Crippen LogP contribution in [-0.2, 0) is 6.42 Å². The summed E-state index contributed by atoms with van der Waals surface area (Å²) in [5.41, 5.74) is 0.398. The number of para-hydroxylation sites is 1. The maximum Gasteiger partial charge on any atom is 0.333 e. The Labute approximate surface area is 147 Å². The summed E-state index contributed by atoms with van der Waals surface area (Å²) in [6, 6.07) is 12.4. The third-order valence-electron chi connectivity index (χ3n) is 4.42. The number of carbonyl (C=O) groups is 1. The van der Waals surface area contributed by atoms with Crippen LogP contribution in [0, 0.1) is 5.82 Å². The van der Waals surface area contributed by atoms with Crippen LogP contribution in [0.3, 0.4) is 0 Å². The molecule has 0 aliphatic carbocycles. The Kier molecular flexibility index (Phi) is 3.76. The average Bonchev–Trinajstić information content (AvgIpc) is 3.07. The van der Waals surface area contributed by atoms with Gasteiger partial charge in [-0.1, -0.05) is 18.2 Å². The zero-order valence-electron chi connectivity index (χ0n) is 13.6. The molecule has 1 N–H and O–H groups in total. The van der Waals surface area contributed by atoms with Crippen molar-refractivity contribution in [3.05, 3.63) is 92.5 Å². The fourth-order valence-corrected chi connectivity index (χ4v) is 3.15. The maximum atomic E-state index is 13.1. The molecule has 0 radical (unpaired) electrons. The first-order valence-corrected chi connectivity index (χ1v) is 8.07. The lowest BCUT2D eigenvalue weighted by atomic mass is 10.2. The molecule has 1 aliphatic heterocycles. The van der Waals surface area contributed by atoms with Gasteiger partial charge in [-0.15, -0.1) is 0 Å². The van der Waals surface area contributed by atoms with E-state index in [0.717, 1.165) is 34.1 Å². The Bertz CT molecular complexity index is 1120. The van der Waals surface area contributed by atoms with Crippen LogP contribution in [0.25, 0.3) is 5.69 Å². The molecule has 0 spiro atoms. The van der Waals surface area contributed by atoms with Crippen LogP contribution < -0.4 is 16.1 Å². The van der Waals surface area contributed by atoms with Gasteiger partial charge in [0.1, 0.15) is 11.4 Å². The van der Waals surface area contributed by atoms with E-state index in [1.54, 1.807) is 0 Å². The van der Waals surface area contributed by atoms with Gasteiger partial charge in [-0.05, 0) is 42.3 Å². The summed E-state index contributed by atoms with van der Waals surface area (Å²) in [4.78, 5) is 41.7. The Morgan fingerprint density at radius 3 is 2.54 bits per heavy atom. The number of aromatic nitrogens is 2. The van der Waals surface area contributed by atoms with Gasteiger partial charge in [0.25, 0.3) is 11.5 Å². The lowest BCUT2D eigenvalue weighted by molar-refractivity contribution is 0.0987. The number of halogens is 1. The first kappa shape index (κ1) is 16.0. The minimum absolute atomic E-state index is 0.148. The van der Waals surface area contributed by atoms with Gasteiger partial charge in [0.2, 0.25) is 0 Å². The normalized spacial score (nSPS) is 12.9. The van der Waals surface area contributed by atoms with Gasteiger partial charge in [-0.25, -0.2) is 13.8 Å². The van der Waals surface area contributed by atoms with Crippen molar-refractivity contribution in [1.29, 1.82) is 0 Å². The van der Waals surface area contributed by atoms with Crippen molar-refractivity contribution in [3.63, 3.8) is 0 Å². The van der Waals surface area contributed by atoms with E-state index in [9.17, 15) is 18.8 Å². The maximum absolute atomic E-state index is 13.1. The zero-order chi connectivity index (χ0) is 18.3. The Hall–Kier alpha value is -3.48. The zero-order valence-corrected chi connectivity index (χ0v) is 13.6. The van der Waals surface area contributed by atoms with Crippen LogP contribution in [-0.4, -0.2) is 22.0 Å². The highest BCUT2D eigenvalue weighted by atomic mass is 19.1. The second-order valence-corrected chi connectivity index (χ2v) is 5.96. The first-order valence-electron chi connectivity index (χ1n) is 8.07. The van der Waals surface area contributed by atoms with Gasteiger partial charge in [-0.3, -0.25) is 9.59 Å². The quantitative estimate of drug-likeness (QED) is 0.766. The number of amides is 1. The van der Waals surface area contributed by atoms with Crippen molar-refractivity contribution in [3.8, 4) is 5.69 Å². The van der Waals surface area contributed by atoms with Gasteiger partial charge in [0.05, 0.1) is 5.69 Å². The van der Waals surface area contributed by atoms with Crippen LogP contribution in [0.4, 0.5) is 10.1 Å². The van der Waals surface area contributed by atoms with E-state index in [2.05, 4.69) is 4.98 Å². The van der Waals surface area contributed by atoms with E-state index < -0.39 is 23.0 Å². The average molecular weight is 351 g/mol. The number of benzene rings is 2. The van der Waals surface area contributed by atoms with E-state index in [-0.39, 0.29) is 11.3 Å². The lowest BCUT2D eigenvalue weighted by Gasteiger charge is -2.17. The SMILES string of the molecule is O=C(c1c[nH]c(=O)n(-c2ccc(F)cc2)c1=O)N1CCc2ccccc21. The van der Waals surface area contributed by atoms with Gasteiger partial charge in [0.15, 0.2) is 0 Å². The Morgan fingerprint density at radius 1 is 1.04 bits per heavy atom. The third kappa shape index (κ3) is 2.54. The van der Waals surface area contributed by atoms with Crippen molar-refractivity contribution in [2.75, 3.05) is 11.4 Å². The van der Waals surface area contributed by atoms with Crippen LogP contribution in [0.2, 0.25) is 0 Å². The monoisotopic (exact) mass is 351 g/mol. The van der Waals surface area contributed by atoms with E-state index >= 15 is 0 Å². The molecule has 1 aromatic heterocycles. The van der Waals surface area contributed by atoms with Crippen molar-refractivity contribution in [2.45, 2.75) is 6.42 Å². The molecule has 2 aromatic carbocycles. The molecule has 0 atom stereocenters. The topological polar surface area (TPSA) is 75.2 Å². The van der Waals surface area contributed by atoms with Gasteiger partial charge >= 0.3 is 5.69 Å². The minimum atomic E-state index is -0.741. The molecule has 6 nitrogen and oxygen atoms in total. The predicted octanol–water partition coefficient (Wildman–Crippen LogP) is 1.87. The Balaban J connectivity index is 1.80. The van der Waals surface area contributed by atoms with E-state index in [1.807, 2.05) is 24.3 Å². The van der Waals surface area contributed by atoms with Gasteiger partial charge < -0.3 is 9.88 Å². The Morgan fingerprint density at radius 2 is 1.77 bits per heavy atom. The number of aromatic amines is 1. The van der Waals surface area contributed by atoms with Crippen molar-refractivity contribution >= 4 is 11.6 Å². The van der Waals surface area contributed by atoms with Crippen LogP contribution in [0.15, 0.2) is 64.3 Å². The molecule has 0 fully saturated rings. The summed E-state index contributed by atoms with van der Waals surface area (Å²) in [5, 5.41) is 0. The molecule has 0 bridgehead atoms. The van der Waals surface area contributed by atoms with Crippen molar-refractivity contribution in [1.82, 2.24) is 9.55 Å². The fourth-order valence-electron chi connectivity index (χ4n) is 3.15. The van der Waals surface area contributed by atoms with Crippen LogP contribution in [0.1, 0.15) is 15.9 Å². The predicted molar refractivity (Wildman–Crippen MR) is 94.4 cm³/mol. The lowest BCUT2D eigenvalue weighted by Crippen LogP contribution is -2.41. The summed E-state index contributed by atoms with van der Waals surface area (Å²) in [7, 11) is 0. The molecule has 1 aliphatic rings. The fraction of sp³-hybridized carbons (Fsp3) is 0.105. The molecule has 2 heterocycles. The summed E-state index contributed by atoms with van der Waals surface area (Å²) >= 11 is 0. The standard InChI is InChI=1S/C19H14FN3O3/c20-13-5-7-14(8-6-13)23-18(25)15(11-21-19(23)26)17(24)22-10-9-12-3-1-2-4-16(12)22/h1-8,11H,9-10H2,(H,21,26). The number of hydrogen-bond donors (Lipinski definition) is 1. The van der Waals surface area contributed by atoms with Crippen LogP contribution in [0.5, 0.6) is 0 Å². The van der Waals surface area contributed by atoms with Crippen LogP contribution >= 0.6 is 0 Å². The van der Waals surface area contributed by atoms with Gasteiger partial charge in [0, 0.05) is 18.4 Å². The third-order valence-corrected chi connectivity index (χ3v) is 4.42. The second-order valence-electron chi connectivity index (χ2n) is 5.96. The number of rotatable bonds is 2. The molecule has 1 amide bonds. The molecule has 0 saturated heterocycles. The molecule has 3 aromatic rings. The number of nitrogens with zero attached hydrogens (tertiary/aromatic N) is 2. The molecule has 0 saturated carbocycles. The molecular formula is C19H14FN3O3. The molecule has 4 rings (SSSR count). The largest absolute Gasteiger partial charge is 0.333 e. The number of nitrogens with one attached hydrogen (secondary N) is 1. The van der Waals surface area contributed by atoms with Crippen molar-refractivity contribution in [2.24, 2.45) is 0 Å². The number of anilines is 1. The highest BCUT2D eigenvalue weighted by molar-refractivity contribution is 6.06. The number of fused-ring (bicyclic) bond motifs is 1. The summed E-state index contributed by atoms with van der Waals surface area (Å²) in [6.45, 7) is 0.466. The molecule has 7 heteroatoms. The number of hydrogen-bond acceptors (Lipinski definition) is 3. The van der Waals surface area contributed by atoms with Crippen molar-refractivity contribution < 1.29 is 9.18 Å². The molecule has 26 heavy (non-hydrogen) atoms. The molecular weight excluding hydrogens is 337 g/mol. The van der Waals surface area contributed by atoms with E-state index in [1.165, 1.54) is 17.0 Å². The highest BCUT2D eigenvalue weighted by Gasteiger charge is 2.27. The molecule has 130 valence electrons. The second kappa shape index (κ2) is 6.11. The number of carbonyl (C=O) groups excluding carboxylic acids is 1. The summed E-state index contributed by atoms with van der Waals surface area (Å²) in [5.74, 6) is -0.966. The summed E-state index contributed by atoms with van der Waals surface area (Å²) in [6.07, 6.45) is 1.84. The molecule has 0 unspecified atom stereocenters. The number of H-pyrrole nitrogens is 1. The first-order chi connectivity index (χ1) is 12.6. The van der Waals surface area contributed by atoms with Gasteiger partial charge in [-0.2, -0.15) is 0 Å². The van der Waals surface area contributed by atoms with E-state index in [0.29, 0.717) is 13.0 Å². The highest BCUT2D eigenvalue weighted by Crippen LogP contribution is 2.28. The minimum Gasteiger partial charge on any atom is -0.313 e. The smallest absolute Gasteiger partial charge is 0.313 e. The summed E-state index contributed by atoms with van der Waals surface area (Å²) < 4.78 is 14.0. The van der Waals surface area contributed by atoms with E-state index in [4.69, 9.17) is 0 Å².